The van der Waals surface area contributed by atoms with Gasteiger partial charge in [0.2, 0.25) is 5.91 Å². The minimum atomic E-state index is 0.0351. The first kappa shape index (κ1) is 14.5. The second kappa shape index (κ2) is 5.84. The number of hydrogen-bond acceptors (Lipinski definition) is 4. The van der Waals surface area contributed by atoms with E-state index in [1.54, 1.807) is 11.3 Å². The van der Waals surface area contributed by atoms with E-state index in [-0.39, 0.29) is 18.0 Å². The van der Waals surface area contributed by atoms with Gasteiger partial charge in [0.1, 0.15) is 0 Å². The number of rotatable bonds is 3. The van der Waals surface area contributed by atoms with Crippen LogP contribution in [0.1, 0.15) is 18.5 Å². The van der Waals surface area contributed by atoms with Crippen molar-refractivity contribution in [3.05, 3.63) is 23.5 Å². The Hall–Kier alpha value is -2.09. The van der Waals surface area contributed by atoms with Crippen LogP contribution in [0.15, 0.2) is 17.8 Å². The number of hydrogen-bond donors (Lipinski definition) is 1. The summed E-state index contributed by atoms with van der Waals surface area (Å²) in [6.45, 7) is 2.95. The number of imidazole rings is 1. The van der Waals surface area contributed by atoms with Gasteiger partial charge < -0.3 is 15.1 Å². The summed E-state index contributed by atoms with van der Waals surface area (Å²) in [5, 5.41) is 4.82. The molecule has 2 aromatic heterocycles. The molecule has 0 atom stereocenters. The van der Waals surface area contributed by atoms with Crippen molar-refractivity contribution in [3.8, 4) is 0 Å². The van der Waals surface area contributed by atoms with Gasteiger partial charge in [-0.3, -0.25) is 9.20 Å². The Morgan fingerprint density at radius 1 is 1.35 bits per heavy atom. The van der Waals surface area contributed by atoms with Gasteiger partial charge in [0.05, 0.1) is 12.1 Å². The summed E-state index contributed by atoms with van der Waals surface area (Å²) in [6.07, 6.45) is 5.94. The van der Waals surface area contributed by atoms with Crippen LogP contribution in [-0.2, 0) is 11.2 Å². The van der Waals surface area contributed by atoms with Crippen molar-refractivity contribution in [2.24, 2.45) is 0 Å². The highest BCUT2D eigenvalue weighted by atomic mass is 32.1. The summed E-state index contributed by atoms with van der Waals surface area (Å²) < 4.78 is 1.95. The Morgan fingerprint density at radius 3 is 2.87 bits per heavy atom. The third kappa shape index (κ3) is 2.78. The van der Waals surface area contributed by atoms with E-state index in [0.717, 1.165) is 49.7 Å². The van der Waals surface area contributed by atoms with Gasteiger partial charge in [0, 0.05) is 50.0 Å². The third-order valence-electron chi connectivity index (χ3n) is 4.62. The second-order valence-electron chi connectivity index (χ2n) is 6.04. The molecule has 0 aromatic carbocycles. The summed E-state index contributed by atoms with van der Waals surface area (Å²) in [7, 11) is 0. The number of thiazole rings is 1. The number of aromatic nitrogens is 2. The number of carbonyl (C=O) groups excluding carboxylic acids is 2. The van der Waals surface area contributed by atoms with Gasteiger partial charge >= 0.3 is 6.03 Å². The number of urea groups is 1. The highest BCUT2D eigenvalue weighted by Crippen LogP contribution is 2.19. The molecule has 2 saturated heterocycles. The average molecular weight is 333 g/mol. The molecule has 23 heavy (non-hydrogen) atoms. The molecule has 2 fully saturated rings. The average Bonchev–Trinajstić information content (AvgIpc) is 3.23. The molecule has 8 heteroatoms. The number of carbonyl (C=O) groups is 2. The second-order valence-corrected chi connectivity index (χ2v) is 6.91. The first-order chi connectivity index (χ1) is 11.2. The van der Waals surface area contributed by atoms with Crippen LogP contribution >= 0.6 is 11.3 Å². The number of nitrogens with zero attached hydrogens (tertiary/aromatic N) is 4. The zero-order valence-corrected chi connectivity index (χ0v) is 13.6. The van der Waals surface area contributed by atoms with Crippen molar-refractivity contribution in [1.82, 2.24) is 24.5 Å². The van der Waals surface area contributed by atoms with Crippen molar-refractivity contribution in [2.45, 2.75) is 25.3 Å². The Morgan fingerprint density at radius 2 is 2.17 bits per heavy atom. The molecule has 2 aliphatic heterocycles. The lowest BCUT2D eigenvalue weighted by Gasteiger charge is -2.36. The van der Waals surface area contributed by atoms with E-state index in [0.29, 0.717) is 6.42 Å². The van der Waals surface area contributed by atoms with E-state index in [2.05, 4.69) is 10.3 Å². The van der Waals surface area contributed by atoms with E-state index >= 15 is 0 Å². The lowest BCUT2D eigenvalue weighted by Crippen LogP contribution is -2.48. The minimum Gasteiger partial charge on any atom is -0.342 e. The lowest BCUT2D eigenvalue weighted by atomic mass is 10.0. The number of amides is 3. The zero-order valence-electron chi connectivity index (χ0n) is 12.8. The molecule has 122 valence electrons. The lowest BCUT2D eigenvalue weighted by molar-refractivity contribution is -0.131. The maximum Gasteiger partial charge on any atom is 0.317 e. The molecular formula is C15H19N5O2S. The highest BCUT2D eigenvalue weighted by Gasteiger charge is 2.31. The van der Waals surface area contributed by atoms with Crippen LogP contribution in [0, 0.1) is 0 Å². The number of nitrogens with one attached hydrogen (secondary N) is 1. The van der Waals surface area contributed by atoms with Crippen LogP contribution in [0.25, 0.3) is 4.96 Å². The normalized spacial score (nSPS) is 19.6. The molecule has 4 heterocycles. The fourth-order valence-corrected chi connectivity index (χ4v) is 4.11. The van der Waals surface area contributed by atoms with Crippen LogP contribution < -0.4 is 5.32 Å². The van der Waals surface area contributed by atoms with Gasteiger partial charge in [0.15, 0.2) is 4.96 Å². The Balaban J connectivity index is 1.33. The molecule has 2 aliphatic rings. The first-order valence-corrected chi connectivity index (χ1v) is 8.82. The van der Waals surface area contributed by atoms with Crippen molar-refractivity contribution in [1.29, 1.82) is 0 Å². The van der Waals surface area contributed by atoms with Crippen LogP contribution in [0.3, 0.4) is 0 Å². The van der Waals surface area contributed by atoms with Gasteiger partial charge in [-0.25, -0.2) is 9.78 Å². The van der Waals surface area contributed by atoms with E-state index in [4.69, 9.17) is 0 Å². The zero-order chi connectivity index (χ0) is 15.8. The molecule has 7 nitrogen and oxygen atoms in total. The number of likely N-dealkylation sites (tertiary alicyclic amines) is 1. The standard InChI is InChI=1S/C15H19N5O2S/c21-13(9-11-10-19-7-8-23-15(19)17-11)18-4-1-12(2-5-18)20-6-3-16-14(20)22/h7-8,10,12H,1-6,9H2,(H,16,22). The predicted molar refractivity (Wildman–Crippen MR) is 86.5 cm³/mol. The molecule has 2 aromatic rings. The van der Waals surface area contributed by atoms with E-state index in [1.165, 1.54) is 0 Å². The molecule has 0 spiro atoms. The SMILES string of the molecule is O=C(Cc1cn2ccsc2n1)N1CCC(N2CCNC2=O)CC1. The molecule has 0 radical (unpaired) electrons. The smallest absolute Gasteiger partial charge is 0.317 e. The highest BCUT2D eigenvalue weighted by molar-refractivity contribution is 7.15. The molecule has 4 rings (SSSR count). The van der Waals surface area contributed by atoms with Gasteiger partial charge in [-0.05, 0) is 12.8 Å². The predicted octanol–water partition coefficient (Wildman–Crippen LogP) is 0.954. The van der Waals surface area contributed by atoms with Crippen molar-refractivity contribution < 1.29 is 9.59 Å². The van der Waals surface area contributed by atoms with E-state index in [1.807, 2.05) is 32.0 Å². The summed E-state index contributed by atoms with van der Waals surface area (Å²) in [4.78, 5) is 33.4. The maximum atomic E-state index is 12.4. The molecule has 3 amide bonds. The van der Waals surface area contributed by atoms with E-state index in [9.17, 15) is 9.59 Å². The van der Waals surface area contributed by atoms with Crippen LogP contribution in [-0.4, -0.2) is 63.3 Å². The van der Waals surface area contributed by atoms with Crippen molar-refractivity contribution in [3.63, 3.8) is 0 Å². The monoisotopic (exact) mass is 333 g/mol. The van der Waals surface area contributed by atoms with Crippen LogP contribution in [0.2, 0.25) is 0 Å². The molecule has 0 bridgehead atoms. The number of piperidine rings is 1. The Bertz CT molecular complexity index is 703. The van der Waals surface area contributed by atoms with Gasteiger partial charge in [-0.15, -0.1) is 11.3 Å². The molecule has 0 saturated carbocycles. The molecule has 0 aliphatic carbocycles. The topological polar surface area (TPSA) is 70.0 Å². The largest absolute Gasteiger partial charge is 0.342 e. The van der Waals surface area contributed by atoms with Gasteiger partial charge in [-0.2, -0.15) is 0 Å². The molecule has 0 unspecified atom stereocenters. The summed E-state index contributed by atoms with van der Waals surface area (Å²) in [5.41, 5.74) is 0.822. The van der Waals surface area contributed by atoms with Crippen molar-refractivity contribution >= 4 is 28.2 Å². The van der Waals surface area contributed by atoms with Crippen molar-refractivity contribution in [2.75, 3.05) is 26.2 Å². The Labute approximate surface area is 137 Å². The summed E-state index contributed by atoms with van der Waals surface area (Å²) in [6, 6.07) is 0.298. The van der Waals surface area contributed by atoms with Crippen LogP contribution in [0.4, 0.5) is 4.79 Å². The first-order valence-electron chi connectivity index (χ1n) is 7.94. The maximum absolute atomic E-state index is 12.4. The minimum absolute atomic E-state index is 0.0351. The Kier molecular flexibility index (Phi) is 3.68. The summed E-state index contributed by atoms with van der Waals surface area (Å²) >= 11 is 1.57. The summed E-state index contributed by atoms with van der Waals surface area (Å²) in [5.74, 6) is 0.125. The fourth-order valence-electron chi connectivity index (χ4n) is 3.39. The van der Waals surface area contributed by atoms with Crippen LogP contribution in [0.5, 0.6) is 0 Å². The number of fused-ring (bicyclic) bond motifs is 1. The molecular weight excluding hydrogens is 314 g/mol. The molecule has 1 N–H and O–H groups in total. The third-order valence-corrected chi connectivity index (χ3v) is 5.39. The van der Waals surface area contributed by atoms with Gasteiger partial charge in [0.25, 0.3) is 0 Å². The van der Waals surface area contributed by atoms with Gasteiger partial charge in [-0.1, -0.05) is 0 Å². The fraction of sp³-hybridized carbons (Fsp3) is 0.533. The van der Waals surface area contributed by atoms with E-state index < -0.39 is 0 Å². The quantitative estimate of drug-likeness (QED) is 0.909.